The van der Waals surface area contributed by atoms with Crippen LogP contribution in [0.3, 0.4) is 0 Å². The van der Waals surface area contributed by atoms with Crippen molar-refractivity contribution in [2.45, 2.75) is 46.4 Å². The summed E-state index contributed by atoms with van der Waals surface area (Å²) in [6.07, 6.45) is -2.22. The van der Waals surface area contributed by atoms with Gasteiger partial charge in [0.05, 0.1) is 0 Å². The maximum absolute atomic E-state index is 13.9. The first-order valence-corrected chi connectivity index (χ1v) is 8.05. The van der Waals surface area contributed by atoms with Gasteiger partial charge < -0.3 is 23.7 Å². The minimum atomic E-state index is -0.758. The molecule has 0 radical (unpaired) electrons. The van der Waals surface area contributed by atoms with Crippen LogP contribution in [0.1, 0.15) is 27.7 Å². The second-order valence-corrected chi connectivity index (χ2v) is 4.57. The molecule has 0 N–H and O–H groups in total. The Morgan fingerprint density at radius 1 is 0.783 bits per heavy atom. The van der Waals surface area contributed by atoms with E-state index in [1.54, 1.807) is 18.2 Å². The number of ether oxygens (including phenoxy) is 5. The van der Waals surface area contributed by atoms with Crippen LogP contribution >= 0.6 is 0 Å². The van der Waals surface area contributed by atoms with Crippen LogP contribution in [0.15, 0.2) is 24.3 Å². The van der Waals surface area contributed by atoms with Crippen LogP contribution in [0.4, 0.5) is 4.39 Å². The van der Waals surface area contributed by atoms with Crippen molar-refractivity contribution in [3.05, 3.63) is 30.1 Å². The molecular formula is C17H27FO5. The van der Waals surface area contributed by atoms with E-state index in [9.17, 15) is 4.39 Å². The average molecular weight is 330 g/mol. The van der Waals surface area contributed by atoms with E-state index < -0.39 is 24.5 Å². The molecule has 0 unspecified atom stereocenters. The Labute approximate surface area is 137 Å². The van der Waals surface area contributed by atoms with Gasteiger partial charge in [-0.15, -0.1) is 0 Å². The minimum absolute atomic E-state index is 0.103. The fourth-order valence-electron chi connectivity index (χ4n) is 2.06. The first kappa shape index (κ1) is 19.8. The predicted molar refractivity (Wildman–Crippen MR) is 84.9 cm³/mol. The van der Waals surface area contributed by atoms with E-state index in [1.165, 1.54) is 6.07 Å². The monoisotopic (exact) mass is 330 g/mol. The van der Waals surface area contributed by atoms with Gasteiger partial charge in [0.2, 0.25) is 0 Å². The summed E-state index contributed by atoms with van der Waals surface area (Å²) >= 11 is 0. The van der Waals surface area contributed by atoms with Crippen LogP contribution in [-0.4, -0.2) is 45.1 Å². The Morgan fingerprint density at radius 3 is 1.61 bits per heavy atom. The second kappa shape index (κ2) is 11.3. The van der Waals surface area contributed by atoms with Gasteiger partial charge in [-0.1, -0.05) is 12.1 Å². The maximum atomic E-state index is 13.9. The molecule has 0 saturated carbocycles. The van der Waals surface area contributed by atoms with Crippen LogP contribution < -0.4 is 4.74 Å². The minimum Gasteiger partial charge on any atom is -0.477 e. The fourth-order valence-corrected chi connectivity index (χ4v) is 2.06. The van der Waals surface area contributed by atoms with Crippen molar-refractivity contribution in [1.82, 2.24) is 0 Å². The van der Waals surface area contributed by atoms with Crippen molar-refractivity contribution >= 4 is 0 Å². The van der Waals surface area contributed by atoms with E-state index in [1.807, 2.05) is 27.7 Å². The summed E-state index contributed by atoms with van der Waals surface area (Å²) in [7, 11) is 0. The highest BCUT2D eigenvalue weighted by Gasteiger charge is 2.35. The molecule has 0 aromatic heterocycles. The number of hydrogen-bond acceptors (Lipinski definition) is 5. The first-order chi connectivity index (χ1) is 11.2. The Morgan fingerprint density at radius 2 is 1.22 bits per heavy atom. The van der Waals surface area contributed by atoms with Gasteiger partial charge in [-0.2, -0.15) is 0 Å². The molecule has 23 heavy (non-hydrogen) atoms. The lowest BCUT2D eigenvalue weighted by Crippen LogP contribution is -2.47. The van der Waals surface area contributed by atoms with Crippen LogP contribution in [0.25, 0.3) is 0 Å². The van der Waals surface area contributed by atoms with Gasteiger partial charge in [-0.25, -0.2) is 4.39 Å². The zero-order chi connectivity index (χ0) is 17.1. The third-order valence-electron chi connectivity index (χ3n) is 2.96. The average Bonchev–Trinajstić information content (AvgIpc) is 2.54. The lowest BCUT2D eigenvalue weighted by molar-refractivity contribution is -0.262. The van der Waals surface area contributed by atoms with E-state index in [0.717, 1.165) is 0 Å². The van der Waals surface area contributed by atoms with Crippen molar-refractivity contribution in [2.24, 2.45) is 0 Å². The largest absolute Gasteiger partial charge is 0.477 e. The van der Waals surface area contributed by atoms with Crippen LogP contribution in [0.2, 0.25) is 0 Å². The van der Waals surface area contributed by atoms with Crippen molar-refractivity contribution in [3.63, 3.8) is 0 Å². The Hall–Kier alpha value is -1.21. The van der Waals surface area contributed by atoms with Gasteiger partial charge in [0.25, 0.3) is 0 Å². The molecule has 0 bridgehead atoms. The van der Waals surface area contributed by atoms with E-state index in [-0.39, 0.29) is 5.75 Å². The molecule has 1 rings (SSSR count). The van der Waals surface area contributed by atoms with Crippen molar-refractivity contribution < 1.29 is 28.1 Å². The molecular weight excluding hydrogens is 303 g/mol. The highest BCUT2D eigenvalue weighted by molar-refractivity contribution is 5.24. The standard InChI is InChI=1S/C17H27FO5/c1-5-19-16(20-6-2)15(17(21-7-3)22-8-4)23-14-12-10-9-11-13(14)18/h9-12,15-17H,5-8H2,1-4H3. The Bertz CT molecular complexity index is 401. The van der Waals surface area contributed by atoms with Gasteiger partial charge in [0.15, 0.2) is 30.3 Å². The van der Waals surface area contributed by atoms with E-state index in [4.69, 9.17) is 23.7 Å². The molecule has 0 fully saturated rings. The van der Waals surface area contributed by atoms with Crippen LogP contribution in [0, 0.1) is 5.82 Å². The summed E-state index contributed by atoms with van der Waals surface area (Å²) in [5.41, 5.74) is 0. The fraction of sp³-hybridized carbons (Fsp3) is 0.647. The number of halogens is 1. The Balaban J connectivity index is 3.03. The number of rotatable bonds is 12. The van der Waals surface area contributed by atoms with Crippen LogP contribution in [-0.2, 0) is 18.9 Å². The Kier molecular flexibility index (Phi) is 9.78. The normalized spacial score (nSPS) is 11.7. The summed E-state index contributed by atoms with van der Waals surface area (Å²) in [6.45, 7) is 9.09. The van der Waals surface area contributed by atoms with E-state index in [0.29, 0.717) is 26.4 Å². The zero-order valence-corrected chi connectivity index (χ0v) is 14.3. The smallest absolute Gasteiger partial charge is 0.200 e. The van der Waals surface area contributed by atoms with Gasteiger partial charge in [0.1, 0.15) is 0 Å². The van der Waals surface area contributed by atoms with Crippen LogP contribution in [0.5, 0.6) is 5.75 Å². The van der Waals surface area contributed by atoms with Gasteiger partial charge >= 0.3 is 0 Å². The first-order valence-electron chi connectivity index (χ1n) is 8.05. The molecule has 6 heteroatoms. The van der Waals surface area contributed by atoms with Gasteiger partial charge in [-0.3, -0.25) is 0 Å². The topological polar surface area (TPSA) is 46.2 Å². The lowest BCUT2D eigenvalue weighted by atomic mass is 10.3. The van der Waals surface area contributed by atoms with Gasteiger partial charge in [0, 0.05) is 26.4 Å². The number of para-hydroxylation sites is 1. The number of benzene rings is 1. The zero-order valence-electron chi connectivity index (χ0n) is 14.3. The predicted octanol–water partition coefficient (Wildman–Crippen LogP) is 3.37. The summed E-state index contributed by atoms with van der Waals surface area (Å²) in [4.78, 5) is 0. The molecule has 0 aliphatic heterocycles. The summed E-state index contributed by atoms with van der Waals surface area (Å²) in [5, 5.41) is 0. The number of hydrogen-bond donors (Lipinski definition) is 0. The molecule has 0 heterocycles. The molecule has 132 valence electrons. The third-order valence-corrected chi connectivity index (χ3v) is 2.96. The van der Waals surface area contributed by atoms with Gasteiger partial charge in [-0.05, 0) is 39.8 Å². The molecule has 5 nitrogen and oxygen atoms in total. The molecule has 0 aliphatic rings. The van der Waals surface area contributed by atoms with E-state index in [2.05, 4.69) is 0 Å². The summed E-state index contributed by atoms with van der Waals surface area (Å²) < 4.78 is 42.1. The van der Waals surface area contributed by atoms with E-state index >= 15 is 0 Å². The highest BCUT2D eigenvalue weighted by atomic mass is 19.1. The molecule has 0 aliphatic carbocycles. The summed E-state index contributed by atoms with van der Waals surface area (Å²) in [6, 6.07) is 6.18. The molecule has 0 spiro atoms. The SMILES string of the molecule is CCOC(OCC)C(Oc1ccccc1F)C(OCC)OCC. The summed E-state index contributed by atoms with van der Waals surface area (Å²) in [5.74, 6) is -0.359. The van der Waals surface area contributed by atoms with Crippen molar-refractivity contribution in [1.29, 1.82) is 0 Å². The molecule has 0 amide bonds. The second-order valence-electron chi connectivity index (χ2n) is 4.57. The highest BCUT2D eigenvalue weighted by Crippen LogP contribution is 2.22. The molecule has 0 saturated heterocycles. The van der Waals surface area contributed by atoms with Crippen molar-refractivity contribution in [2.75, 3.05) is 26.4 Å². The quantitative estimate of drug-likeness (QED) is 0.550. The maximum Gasteiger partial charge on any atom is 0.200 e. The molecule has 1 aromatic carbocycles. The lowest BCUT2D eigenvalue weighted by Gasteiger charge is -2.32. The van der Waals surface area contributed by atoms with Crippen molar-refractivity contribution in [3.8, 4) is 5.75 Å². The third kappa shape index (κ3) is 6.43. The molecule has 0 atom stereocenters. The molecule has 1 aromatic rings.